The molecule has 4 nitrogen and oxygen atoms in total. The number of anilines is 2. The SMILES string of the molecule is CCNc1nc(C(C)C)nc(N2CCSC(C)(C)C2)c1C. The fourth-order valence-corrected chi connectivity index (χ4v) is 3.74. The highest BCUT2D eigenvalue weighted by Gasteiger charge is 2.29. The maximum atomic E-state index is 4.87. The molecule has 1 N–H and O–H groups in total. The van der Waals surface area contributed by atoms with Crippen LogP contribution in [0.1, 0.15) is 51.9 Å². The molecule has 2 heterocycles. The highest BCUT2D eigenvalue weighted by molar-refractivity contribution is 8.00. The zero-order valence-electron chi connectivity index (χ0n) is 14.2. The Morgan fingerprint density at radius 1 is 1.33 bits per heavy atom. The highest BCUT2D eigenvalue weighted by Crippen LogP contribution is 2.34. The van der Waals surface area contributed by atoms with Crippen LogP contribution in [-0.2, 0) is 0 Å². The Kier molecular flexibility index (Phi) is 5.02. The summed E-state index contributed by atoms with van der Waals surface area (Å²) in [4.78, 5) is 12.0. The Bertz CT molecular complexity index is 499. The molecule has 1 aliphatic rings. The van der Waals surface area contributed by atoms with Gasteiger partial charge >= 0.3 is 0 Å². The average Bonchev–Trinajstić information content (AvgIpc) is 2.39. The molecule has 0 atom stereocenters. The molecule has 0 radical (unpaired) electrons. The first kappa shape index (κ1) is 16.4. The van der Waals surface area contributed by atoms with Crippen molar-refractivity contribution in [3.05, 3.63) is 11.4 Å². The normalized spacial score (nSPS) is 18.1. The number of aromatic nitrogens is 2. The van der Waals surface area contributed by atoms with Crippen LogP contribution in [0.15, 0.2) is 0 Å². The smallest absolute Gasteiger partial charge is 0.137 e. The van der Waals surface area contributed by atoms with Crippen molar-refractivity contribution in [3.8, 4) is 0 Å². The van der Waals surface area contributed by atoms with Gasteiger partial charge < -0.3 is 10.2 Å². The van der Waals surface area contributed by atoms with Gasteiger partial charge in [0.05, 0.1) is 0 Å². The summed E-state index contributed by atoms with van der Waals surface area (Å²) < 4.78 is 0.284. The number of hydrogen-bond acceptors (Lipinski definition) is 5. The summed E-state index contributed by atoms with van der Waals surface area (Å²) in [5, 5.41) is 3.39. The van der Waals surface area contributed by atoms with Gasteiger partial charge in [0.25, 0.3) is 0 Å². The Hall–Kier alpha value is -0.970. The van der Waals surface area contributed by atoms with Gasteiger partial charge in [-0.15, -0.1) is 0 Å². The molecule has 5 heteroatoms. The molecule has 0 unspecified atom stereocenters. The van der Waals surface area contributed by atoms with E-state index < -0.39 is 0 Å². The lowest BCUT2D eigenvalue weighted by molar-refractivity contribution is 0.636. The summed E-state index contributed by atoms with van der Waals surface area (Å²) in [6.07, 6.45) is 0. The zero-order chi connectivity index (χ0) is 15.6. The molecular weight excluding hydrogens is 280 g/mol. The van der Waals surface area contributed by atoms with E-state index in [1.807, 2.05) is 11.8 Å². The predicted molar refractivity (Wildman–Crippen MR) is 93.8 cm³/mol. The van der Waals surface area contributed by atoms with Crippen molar-refractivity contribution >= 4 is 23.4 Å². The fourth-order valence-electron chi connectivity index (χ4n) is 2.62. The lowest BCUT2D eigenvalue weighted by Gasteiger charge is -2.39. The quantitative estimate of drug-likeness (QED) is 0.919. The van der Waals surface area contributed by atoms with Crippen molar-refractivity contribution in [1.82, 2.24) is 9.97 Å². The van der Waals surface area contributed by atoms with Crippen molar-refractivity contribution in [2.45, 2.75) is 52.2 Å². The Morgan fingerprint density at radius 2 is 2.05 bits per heavy atom. The monoisotopic (exact) mass is 308 g/mol. The number of hydrogen-bond donors (Lipinski definition) is 1. The predicted octanol–water partition coefficient (Wildman–Crippen LogP) is 3.67. The van der Waals surface area contributed by atoms with Crippen LogP contribution in [0.3, 0.4) is 0 Å². The van der Waals surface area contributed by atoms with E-state index in [2.05, 4.69) is 51.8 Å². The molecule has 1 aliphatic heterocycles. The minimum absolute atomic E-state index is 0.284. The molecule has 0 aromatic carbocycles. The zero-order valence-corrected chi connectivity index (χ0v) is 15.0. The molecule has 0 aliphatic carbocycles. The third-order valence-electron chi connectivity index (χ3n) is 3.72. The van der Waals surface area contributed by atoms with Gasteiger partial charge in [0.2, 0.25) is 0 Å². The van der Waals surface area contributed by atoms with Gasteiger partial charge in [0.1, 0.15) is 17.5 Å². The molecule has 0 spiro atoms. The molecule has 118 valence electrons. The standard InChI is InChI=1S/C16H28N4S/c1-7-17-14-12(4)15(19-13(18-14)11(2)3)20-8-9-21-16(5,6)10-20/h11H,7-10H2,1-6H3,(H,17,18,19). The van der Waals surface area contributed by atoms with E-state index in [0.717, 1.165) is 42.8 Å². The van der Waals surface area contributed by atoms with Crippen molar-refractivity contribution < 1.29 is 0 Å². The van der Waals surface area contributed by atoms with E-state index in [9.17, 15) is 0 Å². The fraction of sp³-hybridized carbons (Fsp3) is 0.750. The van der Waals surface area contributed by atoms with Crippen molar-refractivity contribution in [2.24, 2.45) is 0 Å². The molecule has 0 amide bonds. The second-order valence-electron chi connectivity index (χ2n) is 6.59. The second kappa shape index (κ2) is 6.42. The van der Waals surface area contributed by atoms with E-state index in [1.165, 1.54) is 5.56 Å². The van der Waals surface area contributed by atoms with Crippen molar-refractivity contribution in [2.75, 3.05) is 35.6 Å². The van der Waals surface area contributed by atoms with E-state index in [0.29, 0.717) is 5.92 Å². The van der Waals surface area contributed by atoms with Crippen LogP contribution >= 0.6 is 11.8 Å². The van der Waals surface area contributed by atoms with Crippen molar-refractivity contribution in [1.29, 1.82) is 0 Å². The van der Waals surface area contributed by atoms with Crippen LogP contribution < -0.4 is 10.2 Å². The van der Waals surface area contributed by atoms with Gasteiger partial charge in [0.15, 0.2) is 0 Å². The molecule has 0 bridgehead atoms. The number of nitrogens with one attached hydrogen (secondary N) is 1. The Labute approximate surface area is 133 Å². The van der Waals surface area contributed by atoms with E-state index in [-0.39, 0.29) is 4.75 Å². The van der Waals surface area contributed by atoms with Gasteiger partial charge in [-0.2, -0.15) is 11.8 Å². The minimum Gasteiger partial charge on any atom is -0.370 e. The van der Waals surface area contributed by atoms with E-state index in [4.69, 9.17) is 9.97 Å². The van der Waals surface area contributed by atoms with Gasteiger partial charge in [-0.3, -0.25) is 0 Å². The summed E-state index contributed by atoms with van der Waals surface area (Å²) in [7, 11) is 0. The molecule has 1 fully saturated rings. The molecule has 1 aromatic heterocycles. The summed E-state index contributed by atoms with van der Waals surface area (Å²) >= 11 is 2.05. The summed E-state index contributed by atoms with van der Waals surface area (Å²) in [5.74, 6) is 4.53. The highest BCUT2D eigenvalue weighted by atomic mass is 32.2. The first-order valence-corrected chi connectivity index (χ1v) is 8.84. The van der Waals surface area contributed by atoms with Crippen LogP contribution in [0.25, 0.3) is 0 Å². The number of nitrogens with zero attached hydrogens (tertiary/aromatic N) is 3. The summed E-state index contributed by atoms with van der Waals surface area (Å²) in [6.45, 7) is 16.2. The molecular formula is C16H28N4S. The molecule has 0 saturated carbocycles. The Balaban J connectivity index is 2.41. The lowest BCUT2D eigenvalue weighted by Crippen LogP contribution is -2.44. The first-order valence-electron chi connectivity index (χ1n) is 7.85. The third-order valence-corrected chi connectivity index (χ3v) is 5.02. The largest absolute Gasteiger partial charge is 0.370 e. The van der Waals surface area contributed by atoms with Crippen LogP contribution in [-0.4, -0.2) is 40.1 Å². The van der Waals surface area contributed by atoms with Crippen molar-refractivity contribution in [3.63, 3.8) is 0 Å². The van der Waals surface area contributed by atoms with Gasteiger partial charge in [0, 0.05) is 41.6 Å². The van der Waals surface area contributed by atoms with E-state index in [1.54, 1.807) is 0 Å². The van der Waals surface area contributed by atoms with Crippen LogP contribution in [0.5, 0.6) is 0 Å². The van der Waals surface area contributed by atoms with Gasteiger partial charge in [-0.05, 0) is 27.7 Å². The van der Waals surface area contributed by atoms with Crippen LogP contribution in [0.4, 0.5) is 11.6 Å². The Morgan fingerprint density at radius 3 is 2.62 bits per heavy atom. The number of rotatable bonds is 4. The van der Waals surface area contributed by atoms with Crippen LogP contribution in [0.2, 0.25) is 0 Å². The molecule has 1 saturated heterocycles. The third kappa shape index (κ3) is 3.82. The lowest BCUT2D eigenvalue weighted by atomic mass is 10.1. The van der Waals surface area contributed by atoms with E-state index >= 15 is 0 Å². The second-order valence-corrected chi connectivity index (χ2v) is 8.40. The molecule has 2 rings (SSSR count). The maximum Gasteiger partial charge on any atom is 0.137 e. The number of thioether (sulfide) groups is 1. The average molecular weight is 308 g/mol. The van der Waals surface area contributed by atoms with Gasteiger partial charge in [-0.25, -0.2) is 9.97 Å². The molecule has 21 heavy (non-hydrogen) atoms. The first-order chi connectivity index (χ1) is 9.84. The topological polar surface area (TPSA) is 41.1 Å². The minimum atomic E-state index is 0.284. The maximum absolute atomic E-state index is 4.87. The van der Waals surface area contributed by atoms with Crippen LogP contribution in [0, 0.1) is 6.92 Å². The summed E-state index contributed by atoms with van der Waals surface area (Å²) in [6, 6.07) is 0. The van der Waals surface area contributed by atoms with Gasteiger partial charge in [-0.1, -0.05) is 13.8 Å². The molecule has 1 aromatic rings. The summed E-state index contributed by atoms with van der Waals surface area (Å²) in [5.41, 5.74) is 1.17.